The van der Waals surface area contributed by atoms with Gasteiger partial charge in [0.15, 0.2) is 0 Å². The Morgan fingerprint density at radius 1 is 1.40 bits per heavy atom. The number of aromatic nitrogens is 1. The monoisotopic (exact) mass is 288 g/mol. The van der Waals surface area contributed by atoms with Gasteiger partial charge in [0.1, 0.15) is 16.8 Å². The van der Waals surface area contributed by atoms with Gasteiger partial charge in [0, 0.05) is 10.7 Å². The fraction of sp³-hybridized carbons (Fsp3) is 0.500. The lowest BCUT2D eigenvalue weighted by Gasteiger charge is -2.10. The van der Waals surface area contributed by atoms with Gasteiger partial charge in [-0.05, 0) is 40.9 Å². The summed E-state index contributed by atoms with van der Waals surface area (Å²) in [6.45, 7) is 0. The predicted octanol–water partition coefficient (Wildman–Crippen LogP) is 2.86. The highest BCUT2D eigenvalue weighted by Gasteiger charge is 2.21. The summed E-state index contributed by atoms with van der Waals surface area (Å²) >= 11 is 3.31. The van der Waals surface area contributed by atoms with Crippen molar-refractivity contribution in [1.29, 1.82) is 0 Å². The van der Waals surface area contributed by atoms with Crippen molar-refractivity contribution in [2.75, 3.05) is 4.72 Å². The summed E-state index contributed by atoms with van der Waals surface area (Å²) in [6, 6.07) is 3.72. The summed E-state index contributed by atoms with van der Waals surface area (Å²) in [5.41, 5.74) is 0. The van der Waals surface area contributed by atoms with Gasteiger partial charge in [-0.1, -0.05) is 12.8 Å². The molecule has 82 valence electrons. The van der Waals surface area contributed by atoms with Crippen molar-refractivity contribution < 1.29 is 4.21 Å². The third-order valence-electron chi connectivity index (χ3n) is 2.54. The molecule has 0 saturated heterocycles. The normalized spacial score (nSPS) is 19.0. The van der Waals surface area contributed by atoms with E-state index in [-0.39, 0.29) is 0 Å². The fourth-order valence-corrected chi connectivity index (χ4v) is 3.21. The first-order chi connectivity index (χ1) is 7.25. The zero-order chi connectivity index (χ0) is 10.7. The van der Waals surface area contributed by atoms with Crippen LogP contribution in [0.1, 0.15) is 25.7 Å². The van der Waals surface area contributed by atoms with Crippen LogP contribution in [0.3, 0.4) is 0 Å². The Labute approximate surface area is 100 Å². The number of nitrogens with zero attached hydrogens (tertiary/aromatic N) is 1. The molecule has 1 atom stereocenters. The van der Waals surface area contributed by atoms with Crippen molar-refractivity contribution >= 4 is 32.7 Å². The first-order valence-corrected chi connectivity index (χ1v) is 7.05. The van der Waals surface area contributed by atoms with Crippen molar-refractivity contribution in [2.24, 2.45) is 0 Å². The number of hydrogen-bond acceptors (Lipinski definition) is 2. The summed E-state index contributed by atoms with van der Waals surface area (Å²) in [6.07, 6.45) is 6.23. The van der Waals surface area contributed by atoms with E-state index in [0.717, 1.165) is 17.3 Å². The summed E-state index contributed by atoms with van der Waals surface area (Å²) in [7, 11) is -0.981. The van der Waals surface area contributed by atoms with Crippen LogP contribution in [0.5, 0.6) is 0 Å². The van der Waals surface area contributed by atoms with Crippen LogP contribution in [-0.4, -0.2) is 14.4 Å². The number of hydrogen-bond donors (Lipinski definition) is 1. The van der Waals surface area contributed by atoms with Crippen LogP contribution in [0.15, 0.2) is 22.8 Å². The minimum Gasteiger partial charge on any atom is -0.289 e. The van der Waals surface area contributed by atoms with E-state index in [1.165, 1.54) is 12.8 Å². The van der Waals surface area contributed by atoms with Gasteiger partial charge in [0.25, 0.3) is 0 Å². The molecule has 0 amide bonds. The summed E-state index contributed by atoms with van der Waals surface area (Å²) in [5, 5.41) is 0.301. The molecule has 1 aromatic rings. The highest BCUT2D eigenvalue weighted by atomic mass is 79.9. The van der Waals surface area contributed by atoms with Crippen LogP contribution in [-0.2, 0) is 11.0 Å². The molecule has 0 aromatic carbocycles. The van der Waals surface area contributed by atoms with E-state index in [1.807, 2.05) is 12.1 Å². The average Bonchev–Trinajstić information content (AvgIpc) is 2.74. The fourth-order valence-electron chi connectivity index (χ4n) is 1.73. The molecule has 1 N–H and O–H groups in total. The molecule has 1 saturated carbocycles. The van der Waals surface area contributed by atoms with E-state index in [2.05, 4.69) is 25.6 Å². The van der Waals surface area contributed by atoms with Crippen LogP contribution in [0.2, 0.25) is 0 Å². The Morgan fingerprint density at radius 2 is 2.13 bits per heavy atom. The van der Waals surface area contributed by atoms with Gasteiger partial charge in [-0.3, -0.25) is 4.72 Å². The molecule has 15 heavy (non-hydrogen) atoms. The average molecular weight is 289 g/mol. The number of halogens is 1. The van der Waals surface area contributed by atoms with Crippen LogP contribution in [0.25, 0.3) is 0 Å². The van der Waals surface area contributed by atoms with Crippen molar-refractivity contribution in [2.45, 2.75) is 30.9 Å². The predicted molar refractivity (Wildman–Crippen MR) is 66.0 cm³/mol. The molecule has 5 heteroatoms. The molecule has 1 unspecified atom stereocenters. The Kier molecular flexibility index (Phi) is 3.75. The van der Waals surface area contributed by atoms with Gasteiger partial charge >= 0.3 is 0 Å². The van der Waals surface area contributed by atoms with Crippen LogP contribution >= 0.6 is 15.9 Å². The molecule has 0 aliphatic heterocycles. The van der Waals surface area contributed by atoms with E-state index in [9.17, 15) is 4.21 Å². The largest absolute Gasteiger partial charge is 0.289 e. The number of anilines is 1. The maximum absolute atomic E-state index is 11.8. The van der Waals surface area contributed by atoms with Crippen molar-refractivity contribution in [3.63, 3.8) is 0 Å². The van der Waals surface area contributed by atoms with Gasteiger partial charge < -0.3 is 0 Å². The van der Waals surface area contributed by atoms with Crippen molar-refractivity contribution in [1.82, 2.24) is 4.98 Å². The van der Waals surface area contributed by atoms with Crippen molar-refractivity contribution in [3.8, 4) is 0 Å². The molecule has 1 fully saturated rings. The first kappa shape index (κ1) is 11.1. The second-order valence-corrected chi connectivity index (χ2v) is 6.05. The van der Waals surface area contributed by atoms with Gasteiger partial charge in [-0.2, -0.15) is 0 Å². The quantitative estimate of drug-likeness (QED) is 0.929. The zero-order valence-electron chi connectivity index (χ0n) is 8.28. The van der Waals surface area contributed by atoms with Crippen molar-refractivity contribution in [3.05, 3.63) is 22.8 Å². The van der Waals surface area contributed by atoms with Gasteiger partial charge in [-0.25, -0.2) is 9.19 Å². The molecule has 0 bridgehead atoms. The molecular formula is C10H13BrN2OS. The molecular weight excluding hydrogens is 276 g/mol. The molecule has 1 aliphatic carbocycles. The molecule has 2 rings (SSSR count). The van der Waals surface area contributed by atoms with Gasteiger partial charge in [0.05, 0.1) is 5.25 Å². The van der Waals surface area contributed by atoms with E-state index in [1.54, 1.807) is 6.20 Å². The van der Waals surface area contributed by atoms with Crippen LogP contribution in [0.4, 0.5) is 5.82 Å². The smallest absolute Gasteiger partial charge is 0.137 e. The zero-order valence-corrected chi connectivity index (χ0v) is 10.7. The lowest BCUT2D eigenvalue weighted by molar-refractivity contribution is 0.673. The topological polar surface area (TPSA) is 42.0 Å². The lowest BCUT2D eigenvalue weighted by atomic mass is 10.4. The summed E-state index contributed by atoms with van der Waals surface area (Å²) < 4.78 is 15.7. The Bertz CT molecular complexity index is 349. The van der Waals surface area contributed by atoms with E-state index in [4.69, 9.17) is 0 Å². The molecule has 1 aliphatic rings. The second kappa shape index (κ2) is 5.07. The van der Waals surface area contributed by atoms with E-state index in [0.29, 0.717) is 11.1 Å². The maximum atomic E-state index is 11.8. The number of rotatable bonds is 3. The SMILES string of the molecule is O=S(Nc1ccc(Br)cn1)C1CCCC1. The van der Waals surface area contributed by atoms with Gasteiger partial charge in [0.2, 0.25) is 0 Å². The van der Waals surface area contributed by atoms with E-state index < -0.39 is 11.0 Å². The van der Waals surface area contributed by atoms with Crippen LogP contribution < -0.4 is 4.72 Å². The standard InChI is InChI=1S/C10H13BrN2OS/c11-8-5-6-10(12-7-8)13-15(14)9-3-1-2-4-9/h5-7,9H,1-4H2,(H,12,13). The minimum atomic E-state index is -0.981. The molecule has 3 nitrogen and oxygen atoms in total. The molecule has 0 spiro atoms. The third kappa shape index (κ3) is 3.01. The van der Waals surface area contributed by atoms with Crippen LogP contribution in [0, 0.1) is 0 Å². The first-order valence-electron chi connectivity index (χ1n) is 5.04. The third-order valence-corrected chi connectivity index (χ3v) is 4.49. The van der Waals surface area contributed by atoms with Gasteiger partial charge in [-0.15, -0.1) is 0 Å². The number of pyridine rings is 1. The second-order valence-electron chi connectivity index (χ2n) is 3.67. The molecule has 0 radical (unpaired) electrons. The Hall–Kier alpha value is -0.420. The highest BCUT2D eigenvalue weighted by molar-refractivity contribution is 9.10. The molecule has 1 heterocycles. The lowest BCUT2D eigenvalue weighted by Crippen LogP contribution is -2.18. The van der Waals surface area contributed by atoms with E-state index >= 15 is 0 Å². The number of nitrogens with one attached hydrogen (secondary N) is 1. The highest BCUT2D eigenvalue weighted by Crippen LogP contribution is 2.23. The Morgan fingerprint density at radius 3 is 2.73 bits per heavy atom. The molecule has 1 aromatic heterocycles. The minimum absolute atomic E-state index is 0.301. The summed E-state index contributed by atoms with van der Waals surface area (Å²) in [4.78, 5) is 4.14. The summed E-state index contributed by atoms with van der Waals surface area (Å²) in [5.74, 6) is 0.684. The maximum Gasteiger partial charge on any atom is 0.137 e. The Balaban J connectivity index is 1.96.